The van der Waals surface area contributed by atoms with E-state index in [1.165, 1.54) is 0 Å². The highest BCUT2D eigenvalue weighted by atomic mass is 16.1. The molecule has 1 saturated heterocycles. The van der Waals surface area contributed by atoms with Crippen LogP contribution in [0.1, 0.15) is 43.1 Å². The van der Waals surface area contributed by atoms with E-state index >= 15 is 0 Å². The van der Waals surface area contributed by atoms with E-state index in [0.29, 0.717) is 28.5 Å². The summed E-state index contributed by atoms with van der Waals surface area (Å²) in [4.78, 5) is 29.1. The molecule has 4 N–H and O–H groups in total. The van der Waals surface area contributed by atoms with Gasteiger partial charge in [-0.05, 0) is 57.0 Å². The van der Waals surface area contributed by atoms with Crippen LogP contribution < -0.4 is 21.3 Å². The Morgan fingerprint density at radius 2 is 1.89 bits per heavy atom. The molecule has 1 atom stereocenters. The van der Waals surface area contributed by atoms with Gasteiger partial charge in [0.1, 0.15) is 0 Å². The zero-order chi connectivity index (χ0) is 24.4. The highest BCUT2D eigenvalue weighted by Crippen LogP contribution is 2.29. The van der Waals surface area contributed by atoms with Crippen LogP contribution in [0.4, 0.5) is 23.1 Å². The van der Waals surface area contributed by atoms with Crippen LogP contribution in [0.5, 0.6) is 0 Å². The molecule has 1 aliphatic rings. The van der Waals surface area contributed by atoms with Crippen molar-refractivity contribution in [3.63, 3.8) is 0 Å². The monoisotopic (exact) mass is 470 g/mol. The summed E-state index contributed by atoms with van der Waals surface area (Å²) in [5.74, 6) is 1.10. The number of piperidine rings is 1. The van der Waals surface area contributed by atoms with Gasteiger partial charge < -0.3 is 25.8 Å². The molecule has 35 heavy (non-hydrogen) atoms. The summed E-state index contributed by atoms with van der Waals surface area (Å²) in [7, 11) is 0. The third kappa shape index (κ3) is 4.95. The fraction of sp³-hybridized carbons (Fsp3) is 0.308. The molecule has 1 amide bonds. The number of aromatic nitrogens is 4. The topological polar surface area (TPSA) is 114 Å². The van der Waals surface area contributed by atoms with Gasteiger partial charge in [0.2, 0.25) is 5.95 Å². The molecular weight excluding hydrogens is 440 g/mol. The maximum Gasteiger partial charge on any atom is 0.255 e. The number of imidazole rings is 1. The van der Waals surface area contributed by atoms with Crippen molar-refractivity contribution in [2.75, 3.05) is 28.6 Å². The second kappa shape index (κ2) is 9.71. The number of nitrogens with zero attached hydrogens (tertiary/aromatic N) is 5. The van der Waals surface area contributed by atoms with Gasteiger partial charge in [-0.2, -0.15) is 9.97 Å². The van der Waals surface area contributed by atoms with Crippen LogP contribution in [-0.2, 0) is 0 Å². The van der Waals surface area contributed by atoms with E-state index in [-0.39, 0.29) is 18.0 Å². The normalized spacial score (nSPS) is 16.0. The van der Waals surface area contributed by atoms with Gasteiger partial charge in [0.05, 0.1) is 6.33 Å². The number of amides is 1. The number of nitrogens with two attached hydrogens (primary N) is 1. The van der Waals surface area contributed by atoms with E-state index in [0.717, 1.165) is 37.3 Å². The lowest BCUT2D eigenvalue weighted by atomic mass is 10.1. The van der Waals surface area contributed by atoms with Crippen molar-refractivity contribution >= 4 is 40.2 Å². The molecule has 0 spiro atoms. The Balaban J connectivity index is 1.46. The molecule has 9 nitrogen and oxygen atoms in total. The lowest BCUT2D eigenvalue weighted by molar-refractivity contribution is 0.102. The first-order valence-electron chi connectivity index (χ1n) is 12.0. The lowest BCUT2D eigenvalue weighted by Gasteiger charge is -2.31. The Morgan fingerprint density at radius 3 is 2.66 bits per heavy atom. The van der Waals surface area contributed by atoms with Crippen molar-refractivity contribution in [3.05, 3.63) is 66.5 Å². The summed E-state index contributed by atoms with van der Waals surface area (Å²) >= 11 is 0. The van der Waals surface area contributed by atoms with Crippen LogP contribution in [0.25, 0.3) is 11.2 Å². The van der Waals surface area contributed by atoms with Crippen molar-refractivity contribution in [2.45, 2.75) is 38.8 Å². The molecule has 1 fully saturated rings. The number of carbonyl (C=O) groups is 1. The number of carbonyl (C=O) groups excluding carboxylic acids is 1. The average molecular weight is 471 g/mol. The van der Waals surface area contributed by atoms with Gasteiger partial charge in [0, 0.05) is 42.1 Å². The standard InChI is InChI=1S/C26H30N8O/c1-17(2)34-16-28-22-23(31-26(32-24(22)34)33-13-7-10-19(27)15-33)29-20-11-6-12-21(14-20)30-25(35)18-8-4-3-5-9-18/h3-6,8-9,11-12,14,16-17,19H,7,10,13,15,27H2,1-2H3,(H,30,35)(H,29,31,32). The van der Waals surface area contributed by atoms with Crippen LogP contribution in [0.3, 0.4) is 0 Å². The Hall–Kier alpha value is -3.98. The largest absolute Gasteiger partial charge is 0.339 e. The van der Waals surface area contributed by atoms with Crippen molar-refractivity contribution in [1.29, 1.82) is 0 Å². The molecule has 180 valence electrons. The molecule has 2 aromatic heterocycles. The Labute approximate surface area is 204 Å². The minimum atomic E-state index is -0.161. The average Bonchev–Trinajstić information content (AvgIpc) is 3.30. The van der Waals surface area contributed by atoms with E-state index in [1.807, 2.05) is 47.0 Å². The van der Waals surface area contributed by atoms with Crippen molar-refractivity contribution in [3.8, 4) is 0 Å². The minimum absolute atomic E-state index is 0.111. The number of rotatable bonds is 6. The van der Waals surface area contributed by atoms with Gasteiger partial charge in [-0.3, -0.25) is 4.79 Å². The Morgan fingerprint density at radius 1 is 1.09 bits per heavy atom. The highest BCUT2D eigenvalue weighted by molar-refractivity contribution is 6.04. The van der Waals surface area contributed by atoms with Gasteiger partial charge in [-0.25, -0.2) is 4.98 Å². The van der Waals surface area contributed by atoms with Crippen molar-refractivity contribution < 1.29 is 4.79 Å². The Kier molecular flexibility index (Phi) is 6.33. The second-order valence-electron chi connectivity index (χ2n) is 9.16. The summed E-state index contributed by atoms with van der Waals surface area (Å²) in [5, 5.41) is 6.36. The molecule has 3 heterocycles. The number of hydrogen-bond acceptors (Lipinski definition) is 7. The quantitative estimate of drug-likeness (QED) is 0.384. The maximum atomic E-state index is 12.6. The van der Waals surface area contributed by atoms with Gasteiger partial charge in [-0.15, -0.1) is 0 Å². The summed E-state index contributed by atoms with van der Waals surface area (Å²) in [5.41, 5.74) is 9.78. The minimum Gasteiger partial charge on any atom is -0.339 e. The van der Waals surface area contributed by atoms with Gasteiger partial charge in [0.25, 0.3) is 5.91 Å². The molecule has 1 aliphatic heterocycles. The van der Waals surface area contributed by atoms with Crippen LogP contribution in [0.2, 0.25) is 0 Å². The van der Waals surface area contributed by atoms with E-state index in [4.69, 9.17) is 15.7 Å². The highest BCUT2D eigenvalue weighted by Gasteiger charge is 2.22. The Bertz CT molecular complexity index is 1330. The van der Waals surface area contributed by atoms with Gasteiger partial charge >= 0.3 is 0 Å². The fourth-order valence-electron chi connectivity index (χ4n) is 4.31. The number of fused-ring (bicyclic) bond motifs is 1. The van der Waals surface area contributed by atoms with Crippen LogP contribution in [0, 0.1) is 0 Å². The zero-order valence-corrected chi connectivity index (χ0v) is 20.0. The first kappa shape index (κ1) is 22.8. The van der Waals surface area contributed by atoms with E-state index < -0.39 is 0 Å². The summed E-state index contributed by atoms with van der Waals surface area (Å²) in [6.45, 7) is 5.80. The molecular formula is C26H30N8O. The number of anilines is 4. The summed E-state index contributed by atoms with van der Waals surface area (Å²) in [6.07, 6.45) is 3.82. The van der Waals surface area contributed by atoms with Crippen LogP contribution in [-0.4, -0.2) is 44.6 Å². The molecule has 0 saturated carbocycles. The first-order valence-corrected chi connectivity index (χ1v) is 12.0. The lowest BCUT2D eigenvalue weighted by Crippen LogP contribution is -2.43. The number of nitrogens with one attached hydrogen (secondary N) is 2. The van der Waals surface area contributed by atoms with Crippen LogP contribution in [0.15, 0.2) is 60.9 Å². The molecule has 0 radical (unpaired) electrons. The van der Waals surface area contributed by atoms with Gasteiger partial charge in [0.15, 0.2) is 17.0 Å². The smallest absolute Gasteiger partial charge is 0.255 e. The maximum absolute atomic E-state index is 12.6. The van der Waals surface area contributed by atoms with Gasteiger partial charge in [-0.1, -0.05) is 24.3 Å². The fourth-order valence-corrected chi connectivity index (χ4v) is 4.31. The third-order valence-electron chi connectivity index (χ3n) is 6.13. The van der Waals surface area contributed by atoms with E-state index in [1.54, 1.807) is 18.5 Å². The molecule has 4 aromatic rings. The van der Waals surface area contributed by atoms with Crippen molar-refractivity contribution in [1.82, 2.24) is 19.5 Å². The number of benzene rings is 2. The number of hydrogen-bond donors (Lipinski definition) is 3. The SMILES string of the molecule is CC(C)n1cnc2c(Nc3cccc(NC(=O)c4ccccc4)c3)nc(N3CCCC(N)C3)nc21. The first-order chi connectivity index (χ1) is 17.0. The molecule has 0 bridgehead atoms. The van der Waals surface area contributed by atoms with Crippen molar-refractivity contribution in [2.24, 2.45) is 5.73 Å². The predicted octanol–water partition coefficient (Wildman–Crippen LogP) is 4.33. The summed E-state index contributed by atoms with van der Waals surface area (Å²) in [6, 6.07) is 17.0. The second-order valence-corrected chi connectivity index (χ2v) is 9.16. The third-order valence-corrected chi connectivity index (χ3v) is 6.13. The predicted molar refractivity (Wildman–Crippen MR) is 139 cm³/mol. The molecule has 9 heteroatoms. The molecule has 2 aromatic carbocycles. The molecule has 1 unspecified atom stereocenters. The summed E-state index contributed by atoms with van der Waals surface area (Å²) < 4.78 is 2.05. The van der Waals surface area contributed by atoms with E-state index in [2.05, 4.69) is 34.4 Å². The van der Waals surface area contributed by atoms with Crippen LogP contribution >= 0.6 is 0 Å². The molecule has 5 rings (SSSR count). The zero-order valence-electron chi connectivity index (χ0n) is 20.0. The molecule has 0 aliphatic carbocycles. The van der Waals surface area contributed by atoms with E-state index in [9.17, 15) is 4.79 Å².